The molecule has 11 aromatic rings. The SMILES string of the molecule is CC1(C)c2cc3ccccc3cc2-c2c(-c3ccc(-c4cc(-c5ccccc5-c5cccc6c5c5ccccc5n6-c5ccccc5)nc(-c5ccccc5)n4)cc3)cccc21. The number of rotatable bonds is 6. The molecule has 3 heteroatoms. The van der Waals surface area contributed by atoms with Gasteiger partial charge in [0.25, 0.3) is 0 Å². The van der Waals surface area contributed by atoms with E-state index in [0.717, 1.165) is 39.3 Å². The molecule has 292 valence electrons. The Morgan fingerprint density at radius 2 is 0.984 bits per heavy atom. The van der Waals surface area contributed by atoms with Gasteiger partial charge in [-0.2, -0.15) is 0 Å². The van der Waals surface area contributed by atoms with Crippen molar-refractivity contribution >= 4 is 32.6 Å². The number of fused-ring (bicyclic) bond motifs is 7. The maximum atomic E-state index is 5.33. The van der Waals surface area contributed by atoms with Gasteiger partial charge in [-0.25, -0.2) is 9.97 Å². The molecule has 0 aliphatic heterocycles. The molecule has 0 unspecified atom stereocenters. The molecule has 0 saturated heterocycles. The van der Waals surface area contributed by atoms with E-state index in [9.17, 15) is 0 Å². The van der Waals surface area contributed by atoms with Gasteiger partial charge in [-0.05, 0) is 97.7 Å². The quantitative estimate of drug-likeness (QED) is 0.168. The summed E-state index contributed by atoms with van der Waals surface area (Å²) in [5.41, 5.74) is 18.4. The van der Waals surface area contributed by atoms with Crippen LogP contribution < -0.4 is 0 Å². The van der Waals surface area contributed by atoms with Gasteiger partial charge in [0, 0.05) is 38.6 Å². The first-order chi connectivity index (χ1) is 30.5. The van der Waals surface area contributed by atoms with Crippen molar-refractivity contribution in [3.63, 3.8) is 0 Å². The van der Waals surface area contributed by atoms with Crippen LogP contribution in [0.25, 0.3) is 106 Å². The van der Waals surface area contributed by atoms with Crippen LogP contribution in [0.1, 0.15) is 25.0 Å². The van der Waals surface area contributed by atoms with Crippen LogP contribution in [0.3, 0.4) is 0 Å². The molecule has 2 heterocycles. The van der Waals surface area contributed by atoms with Crippen molar-refractivity contribution in [2.45, 2.75) is 19.3 Å². The van der Waals surface area contributed by atoms with Gasteiger partial charge in [-0.3, -0.25) is 0 Å². The molecule has 0 radical (unpaired) electrons. The summed E-state index contributed by atoms with van der Waals surface area (Å²) in [4.78, 5) is 10.6. The van der Waals surface area contributed by atoms with Gasteiger partial charge < -0.3 is 4.57 Å². The predicted molar refractivity (Wildman–Crippen MR) is 259 cm³/mol. The largest absolute Gasteiger partial charge is 0.309 e. The molecule has 0 bridgehead atoms. The van der Waals surface area contributed by atoms with Gasteiger partial charge in [0.05, 0.1) is 22.4 Å². The van der Waals surface area contributed by atoms with Gasteiger partial charge in [0.2, 0.25) is 0 Å². The van der Waals surface area contributed by atoms with E-state index in [2.05, 4.69) is 225 Å². The smallest absolute Gasteiger partial charge is 0.160 e. The second-order valence-electron chi connectivity index (χ2n) is 16.9. The molecule has 0 fully saturated rings. The summed E-state index contributed by atoms with van der Waals surface area (Å²) in [6, 6.07) is 76.5. The molecule has 3 nitrogen and oxygen atoms in total. The lowest BCUT2D eigenvalue weighted by Crippen LogP contribution is -2.14. The lowest BCUT2D eigenvalue weighted by Gasteiger charge is -2.22. The van der Waals surface area contributed by atoms with Crippen molar-refractivity contribution in [3.8, 4) is 73.0 Å². The second-order valence-corrected chi connectivity index (χ2v) is 16.9. The molecule has 62 heavy (non-hydrogen) atoms. The zero-order chi connectivity index (χ0) is 41.4. The lowest BCUT2D eigenvalue weighted by molar-refractivity contribution is 0.661. The summed E-state index contributed by atoms with van der Waals surface area (Å²) >= 11 is 0. The van der Waals surface area contributed by atoms with Crippen LogP contribution in [0.15, 0.2) is 212 Å². The molecular formula is C59H41N3. The summed E-state index contributed by atoms with van der Waals surface area (Å²) in [6.07, 6.45) is 0. The van der Waals surface area contributed by atoms with E-state index in [1.165, 1.54) is 71.5 Å². The minimum Gasteiger partial charge on any atom is -0.309 e. The maximum Gasteiger partial charge on any atom is 0.160 e. The summed E-state index contributed by atoms with van der Waals surface area (Å²) in [7, 11) is 0. The van der Waals surface area contributed by atoms with E-state index in [0.29, 0.717) is 5.82 Å². The highest BCUT2D eigenvalue weighted by atomic mass is 15.0. The number of nitrogens with zero attached hydrogens (tertiary/aromatic N) is 3. The Morgan fingerprint density at radius 1 is 0.387 bits per heavy atom. The zero-order valence-electron chi connectivity index (χ0n) is 34.5. The monoisotopic (exact) mass is 791 g/mol. The van der Waals surface area contributed by atoms with Gasteiger partial charge in [-0.1, -0.05) is 184 Å². The third kappa shape index (κ3) is 5.66. The van der Waals surface area contributed by atoms with Crippen LogP contribution in [0, 0.1) is 0 Å². The Balaban J connectivity index is 1.00. The van der Waals surface area contributed by atoms with Crippen LogP contribution in [-0.4, -0.2) is 14.5 Å². The average Bonchev–Trinajstić information content (AvgIpc) is 3.79. The normalized spacial score (nSPS) is 12.8. The Kier molecular flexibility index (Phi) is 8.20. The van der Waals surface area contributed by atoms with Gasteiger partial charge in [-0.15, -0.1) is 0 Å². The van der Waals surface area contributed by atoms with Crippen molar-refractivity contribution in [2.75, 3.05) is 0 Å². The van der Waals surface area contributed by atoms with Crippen molar-refractivity contribution in [1.82, 2.24) is 14.5 Å². The molecule has 0 atom stereocenters. The summed E-state index contributed by atoms with van der Waals surface area (Å²) in [6.45, 7) is 4.72. The van der Waals surface area contributed by atoms with Crippen molar-refractivity contribution in [2.24, 2.45) is 0 Å². The number of para-hydroxylation sites is 2. The van der Waals surface area contributed by atoms with Crippen molar-refractivity contribution in [3.05, 3.63) is 223 Å². The van der Waals surface area contributed by atoms with E-state index in [4.69, 9.17) is 9.97 Å². The Morgan fingerprint density at radius 3 is 1.79 bits per heavy atom. The predicted octanol–water partition coefficient (Wildman–Crippen LogP) is 15.4. The summed E-state index contributed by atoms with van der Waals surface area (Å²) in [5.74, 6) is 0.697. The van der Waals surface area contributed by atoms with E-state index < -0.39 is 0 Å². The standard InChI is InChI=1S/C59H41N3/c1-59(2)50-28-15-26-44(56(50)49-35-41-19-9-10-20-42(41)36-51(49)59)38-31-33-39(34-32-38)52-37-53(61-58(60-52)40-17-5-3-6-18-40)46-24-12-11-23-45(46)47-27-16-30-55-57(47)48-25-13-14-29-54(48)62(55)43-21-7-4-8-22-43/h3-37H,1-2H3. The third-order valence-electron chi connectivity index (χ3n) is 13.0. The summed E-state index contributed by atoms with van der Waals surface area (Å²) in [5, 5.41) is 4.99. The van der Waals surface area contributed by atoms with Crippen LogP contribution in [0.2, 0.25) is 0 Å². The lowest BCUT2D eigenvalue weighted by atomic mass is 9.81. The van der Waals surface area contributed by atoms with Crippen LogP contribution in [-0.2, 0) is 5.41 Å². The first kappa shape index (κ1) is 36.0. The van der Waals surface area contributed by atoms with E-state index in [-0.39, 0.29) is 5.41 Å². The molecule has 1 aliphatic carbocycles. The minimum absolute atomic E-state index is 0.101. The molecule has 0 saturated carbocycles. The highest BCUT2D eigenvalue weighted by Crippen LogP contribution is 2.53. The van der Waals surface area contributed by atoms with Crippen LogP contribution in [0.4, 0.5) is 0 Å². The van der Waals surface area contributed by atoms with Crippen LogP contribution in [0.5, 0.6) is 0 Å². The van der Waals surface area contributed by atoms with Crippen molar-refractivity contribution in [1.29, 1.82) is 0 Å². The molecule has 0 N–H and O–H groups in total. The maximum absolute atomic E-state index is 5.33. The number of hydrogen-bond donors (Lipinski definition) is 0. The fourth-order valence-electron chi connectivity index (χ4n) is 10.0. The number of benzene rings is 9. The fourth-order valence-corrected chi connectivity index (χ4v) is 10.0. The number of hydrogen-bond acceptors (Lipinski definition) is 2. The Hall–Kier alpha value is -7.88. The number of aromatic nitrogens is 3. The van der Waals surface area contributed by atoms with Gasteiger partial charge in [0.15, 0.2) is 5.82 Å². The van der Waals surface area contributed by atoms with Gasteiger partial charge in [0.1, 0.15) is 0 Å². The second kappa shape index (κ2) is 14.1. The summed E-state index contributed by atoms with van der Waals surface area (Å²) < 4.78 is 2.38. The zero-order valence-corrected chi connectivity index (χ0v) is 34.5. The first-order valence-corrected chi connectivity index (χ1v) is 21.4. The Bertz CT molecular complexity index is 3520. The van der Waals surface area contributed by atoms with Crippen LogP contribution >= 0.6 is 0 Å². The highest BCUT2D eigenvalue weighted by molar-refractivity contribution is 6.16. The molecule has 0 amide bonds. The molecule has 2 aromatic heterocycles. The average molecular weight is 792 g/mol. The van der Waals surface area contributed by atoms with E-state index >= 15 is 0 Å². The van der Waals surface area contributed by atoms with Gasteiger partial charge >= 0.3 is 0 Å². The van der Waals surface area contributed by atoms with E-state index in [1.54, 1.807) is 0 Å². The molecular weight excluding hydrogens is 751 g/mol. The third-order valence-corrected chi connectivity index (χ3v) is 13.0. The molecule has 1 aliphatic rings. The highest BCUT2D eigenvalue weighted by Gasteiger charge is 2.37. The van der Waals surface area contributed by atoms with E-state index in [1.807, 2.05) is 6.07 Å². The first-order valence-electron chi connectivity index (χ1n) is 21.4. The molecule has 12 rings (SSSR count). The molecule has 0 spiro atoms. The molecule has 9 aromatic carbocycles. The Labute approximate surface area is 361 Å². The van der Waals surface area contributed by atoms with Crippen molar-refractivity contribution < 1.29 is 0 Å². The fraction of sp³-hybridized carbons (Fsp3) is 0.0508. The topological polar surface area (TPSA) is 30.7 Å². The minimum atomic E-state index is -0.101.